The van der Waals surface area contributed by atoms with Gasteiger partial charge in [-0.2, -0.15) is 21.0 Å². The van der Waals surface area contributed by atoms with Crippen molar-refractivity contribution in [3.8, 4) is 46.8 Å². The maximum atomic E-state index is 10.9. The Morgan fingerprint density at radius 2 is 0.849 bits per heavy atom. The fourth-order valence-electron chi connectivity index (χ4n) is 8.17. The van der Waals surface area contributed by atoms with Crippen LogP contribution in [-0.2, 0) is 0 Å². The summed E-state index contributed by atoms with van der Waals surface area (Å²) in [6, 6.07) is 53.3. The van der Waals surface area contributed by atoms with Crippen LogP contribution in [0.4, 0.5) is 0 Å². The highest BCUT2D eigenvalue weighted by Gasteiger charge is 2.27. The minimum atomic E-state index is 0.221. The van der Waals surface area contributed by atoms with Crippen LogP contribution in [0.15, 0.2) is 133 Å². The van der Waals surface area contributed by atoms with Crippen molar-refractivity contribution in [3.05, 3.63) is 156 Å². The molecule has 0 saturated carbocycles. The van der Waals surface area contributed by atoms with Crippen LogP contribution in [0.1, 0.15) is 22.3 Å². The highest BCUT2D eigenvalue weighted by atomic mass is 32.1. The average molecular weight is 691 g/mol. The summed E-state index contributed by atoms with van der Waals surface area (Å²) in [5.74, 6) is 0. The molecule has 0 aliphatic rings. The lowest BCUT2D eigenvalue weighted by Crippen LogP contribution is -2.07. The molecular weight excluding hydrogens is 669 g/mol. The van der Waals surface area contributed by atoms with Crippen molar-refractivity contribution < 1.29 is 0 Å². The Hall–Kier alpha value is -7.68. The molecule has 0 fully saturated rings. The molecule has 10 rings (SSSR count). The predicted molar refractivity (Wildman–Crippen MR) is 212 cm³/mol. The fraction of sp³-hybridized carbons (Fsp3) is 0. The molecule has 0 radical (unpaired) electrons. The average Bonchev–Trinajstić information content (AvgIpc) is 3.87. The Kier molecular flexibility index (Phi) is 6.50. The molecular formula is C46H22N6S. The first kappa shape index (κ1) is 30.2. The standard InChI is InChI=1S/C46H22N6S/c47-23-27-17-19-31(45(35(27)25-49)51-37-13-5-1-9-29(37)30-10-2-6-14-38(30)51)32-20-18-28(24-48)36(26-50)46(32)52-39-15-7-3-11-33(39)43-40(52)21-22-42-44(43)34-12-4-8-16-41(34)53-42/h1-22H. The largest absolute Gasteiger partial charge is 0.307 e. The number of hydrogen-bond acceptors (Lipinski definition) is 5. The third kappa shape index (κ3) is 4.09. The van der Waals surface area contributed by atoms with Gasteiger partial charge >= 0.3 is 0 Å². The summed E-state index contributed by atoms with van der Waals surface area (Å²) in [4.78, 5) is 0. The van der Waals surface area contributed by atoms with E-state index in [-0.39, 0.29) is 22.3 Å². The number of nitriles is 4. The van der Waals surface area contributed by atoms with Crippen molar-refractivity contribution in [1.82, 2.24) is 9.13 Å². The van der Waals surface area contributed by atoms with Gasteiger partial charge in [-0.1, -0.05) is 84.9 Å². The molecule has 3 heterocycles. The van der Waals surface area contributed by atoms with Gasteiger partial charge in [0, 0.05) is 52.8 Å². The van der Waals surface area contributed by atoms with E-state index in [4.69, 9.17) is 0 Å². The fourth-order valence-corrected chi connectivity index (χ4v) is 9.29. The normalized spacial score (nSPS) is 11.3. The Balaban J connectivity index is 1.42. The van der Waals surface area contributed by atoms with E-state index in [1.807, 2.05) is 66.7 Å². The van der Waals surface area contributed by atoms with Crippen LogP contribution in [0.5, 0.6) is 0 Å². The number of benzene rings is 7. The van der Waals surface area contributed by atoms with E-state index in [1.165, 1.54) is 4.70 Å². The SMILES string of the molecule is N#Cc1ccc(-c2ccc(C#N)c(C#N)c2-n2c3ccccc3c3c4c(ccc32)sc2ccccc24)c(-n2c3ccccc3c3ccccc32)c1C#N. The third-order valence-electron chi connectivity index (χ3n) is 10.3. The molecule has 0 unspecified atom stereocenters. The van der Waals surface area contributed by atoms with Gasteiger partial charge in [0.1, 0.15) is 24.3 Å². The predicted octanol–water partition coefficient (Wildman–Crippen LogP) is 11.4. The second kappa shape index (κ2) is 11.4. The van der Waals surface area contributed by atoms with Crippen molar-refractivity contribution in [1.29, 1.82) is 21.0 Å². The molecule has 0 amide bonds. The van der Waals surface area contributed by atoms with Crippen molar-refractivity contribution >= 4 is 75.1 Å². The Labute approximate surface area is 306 Å². The molecule has 0 spiro atoms. The van der Waals surface area contributed by atoms with Crippen LogP contribution in [0, 0.1) is 45.3 Å². The molecule has 0 atom stereocenters. The van der Waals surface area contributed by atoms with Crippen LogP contribution < -0.4 is 0 Å². The monoisotopic (exact) mass is 690 g/mol. The molecule has 10 aromatic rings. The van der Waals surface area contributed by atoms with Crippen molar-refractivity contribution in [3.63, 3.8) is 0 Å². The maximum Gasteiger partial charge on any atom is 0.103 e. The summed E-state index contributed by atoms with van der Waals surface area (Å²) < 4.78 is 6.51. The van der Waals surface area contributed by atoms with Crippen molar-refractivity contribution in [2.45, 2.75) is 0 Å². The molecule has 0 aliphatic heterocycles. The second-order valence-corrected chi connectivity index (χ2v) is 14.0. The van der Waals surface area contributed by atoms with Crippen LogP contribution in [0.3, 0.4) is 0 Å². The van der Waals surface area contributed by atoms with E-state index in [0.717, 1.165) is 59.1 Å². The summed E-state index contributed by atoms with van der Waals surface area (Å²) in [5.41, 5.74) is 6.82. The molecule has 6 nitrogen and oxygen atoms in total. The van der Waals surface area contributed by atoms with Gasteiger partial charge in [0.05, 0.1) is 55.7 Å². The molecule has 53 heavy (non-hydrogen) atoms. The molecule has 7 heteroatoms. The Morgan fingerprint density at radius 3 is 1.40 bits per heavy atom. The van der Waals surface area contributed by atoms with Crippen LogP contribution in [0.2, 0.25) is 0 Å². The van der Waals surface area contributed by atoms with Crippen LogP contribution >= 0.6 is 11.3 Å². The van der Waals surface area contributed by atoms with Gasteiger partial charge in [0.25, 0.3) is 0 Å². The number of rotatable bonds is 3. The van der Waals surface area contributed by atoms with Gasteiger partial charge in [-0.25, -0.2) is 0 Å². The van der Waals surface area contributed by atoms with E-state index in [0.29, 0.717) is 22.5 Å². The summed E-state index contributed by atoms with van der Waals surface area (Å²) in [6.45, 7) is 0. The first-order chi connectivity index (χ1) is 26.2. The summed E-state index contributed by atoms with van der Waals surface area (Å²) in [7, 11) is 0. The molecule has 3 aromatic heterocycles. The first-order valence-electron chi connectivity index (χ1n) is 16.9. The quantitative estimate of drug-likeness (QED) is 0.184. The number of fused-ring (bicyclic) bond motifs is 10. The number of para-hydroxylation sites is 3. The number of hydrogen-bond donors (Lipinski definition) is 0. The highest BCUT2D eigenvalue weighted by Crippen LogP contribution is 2.47. The van der Waals surface area contributed by atoms with Crippen molar-refractivity contribution in [2.75, 3.05) is 0 Å². The van der Waals surface area contributed by atoms with Gasteiger partial charge in [-0.05, 0) is 48.5 Å². The van der Waals surface area contributed by atoms with Gasteiger partial charge in [-0.3, -0.25) is 0 Å². The first-order valence-corrected chi connectivity index (χ1v) is 17.8. The van der Waals surface area contributed by atoms with Gasteiger partial charge in [0.15, 0.2) is 0 Å². The van der Waals surface area contributed by atoms with E-state index in [2.05, 4.69) is 88.0 Å². The molecule has 0 N–H and O–H groups in total. The lowest BCUT2D eigenvalue weighted by atomic mass is 9.92. The second-order valence-electron chi connectivity index (χ2n) is 12.9. The van der Waals surface area contributed by atoms with Gasteiger partial charge in [0.2, 0.25) is 0 Å². The zero-order chi connectivity index (χ0) is 35.8. The van der Waals surface area contributed by atoms with E-state index in [9.17, 15) is 21.0 Å². The van der Waals surface area contributed by atoms with E-state index >= 15 is 0 Å². The Morgan fingerprint density at radius 1 is 0.377 bits per heavy atom. The Bertz CT molecular complexity index is 3350. The van der Waals surface area contributed by atoms with E-state index < -0.39 is 0 Å². The van der Waals surface area contributed by atoms with Crippen LogP contribution in [-0.4, -0.2) is 9.13 Å². The minimum Gasteiger partial charge on any atom is -0.307 e. The summed E-state index contributed by atoms with van der Waals surface area (Å²) in [5, 5.41) is 48.8. The molecule has 242 valence electrons. The number of nitrogens with zero attached hydrogens (tertiary/aromatic N) is 6. The number of thiophene rings is 1. The van der Waals surface area contributed by atoms with E-state index in [1.54, 1.807) is 23.5 Å². The molecule has 7 aromatic carbocycles. The lowest BCUT2D eigenvalue weighted by Gasteiger charge is -2.21. The molecule has 0 bridgehead atoms. The zero-order valence-corrected chi connectivity index (χ0v) is 28.6. The van der Waals surface area contributed by atoms with Crippen LogP contribution in [0.25, 0.3) is 86.3 Å². The van der Waals surface area contributed by atoms with Gasteiger partial charge in [-0.15, -0.1) is 11.3 Å². The minimum absolute atomic E-state index is 0.221. The lowest BCUT2D eigenvalue weighted by molar-refractivity contribution is 1.14. The zero-order valence-electron chi connectivity index (χ0n) is 27.8. The van der Waals surface area contributed by atoms with Crippen molar-refractivity contribution in [2.24, 2.45) is 0 Å². The smallest absolute Gasteiger partial charge is 0.103 e. The highest BCUT2D eigenvalue weighted by molar-refractivity contribution is 7.26. The number of aromatic nitrogens is 2. The summed E-state index contributed by atoms with van der Waals surface area (Å²) in [6.07, 6.45) is 0. The molecule has 0 saturated heterocycles. The van der Waals surface area contributed by atoms with Gasteiger partial charge < -0.3 is 9.13 Å². The third-order valence-corrected chi connectivity index (χ3v) is 11.5. The maximum absolute atomic E-state index is 10.9. The summed E-state index contributed by atoms with van der Waals surface area (Å²) >= 11 is 1.75. The topological polar surface area (TPSA) is 105 Å². The molecule has 0 aliphatic carbocycles.